The minimum atomic E-state index is -0.671. The van der Waals surface area contributed by atoms with Gasteiger partial charge in [-0.05, 0) is 38.5 Å². The van der Waals surface area contributed by atoms with Crippen LogP contribution < -0.4 is 14.5 Å². The predicted molar refractivity (Wildman–Crippen MR) is 142 cm³/mol. The summed E-state index contributed by atoms with van der Waals surface area (Å²) in [5.41, 5.74) is 4.07. The fourth-order valence-corrected chi connectivity index (χ4v) is 5.06. The quantitative estimate of drug-likeness (QED) is 0.264. The summed E-state index contributed by atoms with van der Waals surface area (Å²) in [5.74, 6) is 1.21. The molecule has 1 unspecified atom stereocenters. The first-order chi connectivity index (χ1) is 17.1. The number of ether oxygens (including phenoxy) is 1. The zero-order chi connectivity index (χ0) is 24.8. The molecular weight excluding hydrogens is 458 g/mol. The number of hydrogen-bond acceptors (Lipinski definition) is 7. The van der Waals surface area contributed by atoms with Crippen LogP contribution in [0.1, 0.15) is 58.7 Å². The first kappa shape index (κ1) is 25.0. The SMILES string of the molecule is CCCCCSc1nnc2c(n1)OC(c1ccc(N(CC)CC)cc1)N(C(C)=O)c1ccccc1-2. The van der Waals surface area contributed by atoms with Gasteiger partial charge >= 0.3 is 0 Å². The number of para-hydroxylation sites is 1. The Bertz CT molecular complexity index is 1150. The number of aromatic nitrogens is 3. The highest BCUT2D eigenvalue weighted by Gasteiger charge is 2.34. The smallest absolute Gasteiger partial charge is 0.247 e. The van der Waals surface area contributed by atoms with E-state index in [2.05, 4.69) is 48.0 Å². The lowest BCUT2D eigenvalue weighted by Crippen LogP contribution is -2.36. The molecule has 1 aliphatic rings. The third-order valence-electron chi connectivity index (χ3n) is 6.14. The highest BCUT2D eigenvalue weighted by atomic mass is 32.2. The molecule has 0 saturated carbocycles. The zero-order valence-corrected chi connectivity index (χ0v) is 21.7. The van der Waals surface area contributed by atoms with E-state index in [1.807, 2.05) is 36.4 Å². The number of carbonyl (C=O) groups excluding carboxylic acids is 1. The minimum absolute atomic E-state index is 0.120. The van der Waals surface area contributed by atoms with Crippen LogP contribution in [0.4, 0.5) is 11.4 Å². The van der Waals surface area contributed by atoms with Gasteiger partial charge in [-0.25, -0.2) is 0 Å². The average molecular weight is 492 g/mol. The summed E-state index contributed by atoms with van der Waals surface area (Å²) >= 11 is 1.58. The normalized spacial score (nSPS) is 14.5. The number of carbonyl (C=O) groups is 1. The number of anilines is 2. The van der Waals surface area contributed by atoms with Crippen LogP contribution in [0.15, 0.2) is 53.7 Å². The largest absolute Gasteiger partial charge is 0.447 e. The lowest BCUT2D eigenvalue weighted by molar-refractivity contribution is -0.118. The molecule has 0 fully saturated rings. The summed E-state index contributed by atoms with van der Waals surface area (Å²) in [6.45, 7) is 9.88. The Morgan fingerprint density at radius 1 is 1.03 bits per heavy atom. The molecule has 184 valence electrons. The van der Waals surface area contributed by atoms with E-state index in [4.69, 9.17) is 9.72 Å². The minimum Gasteiger partial charge on any atom is -0.447 e. The lowest BCUT2D eigenvalue weighted by Gasteiger charge is -2.30. The van der Waals surface area contributed by atoms with Gasteiger partial charge in [0.15, 0.2) is 5.69 Å². The summed E-state index contributed by atoms with van der Waals surface area (Å²) in [6.07, 6.45) is 2.77. The topological polar surface area (TPSA) is 71.5 Å². The Kier molecular flexibility index (Phi) is 8.23. The van der Waals surface area contributed by atoms with Crippen LogP contribution in [0.25, 0.3) is 11.3 Å². The maximum absolute atomic E-state index is 13.0. The van der Waals surface area contributed by atoms with E-state index < -0.39 is 6.23 Å². The van der Waals surface area contributed by atoms with Crippen molar-refractivity contribution >= 4 is 29.0 Å². The number of benzene rings is 2. The Hall–Kier alpha value is -3.13. The van der Waals surface area contributed by atoms with Crippen LogP contribution in [0.3, 0.4) is 0 Å². The van der Waals surface area contributed by atoms with Crippen molar-refractivity contribution in [3.8, 4) is 17.1 Å². The molecule has 2 heterocycles. The molecule has 4 rings (SSSR count). The van der Waals surface area contributed by atoms with Gasteiger partial charge in [-0.1, -0.05) is 61.9 Å². The monoisotopic (exact) mass is 491 g/mol. The second-order valence-corrected chi connectivity index (χ2v) is 9.51. The highest BCUT2D eigenvalue weighted by Crippen LogP contribution is 2.43. The predicted octanol–water partition coefficient (Wildman–Crippen LogP) is 6.11. The average Bonchev–Trinajstić information content (AvgIpc) is 3.02. The molecule has 0 aliphatic carbocycles. The summed E-state index contributed by atoms with van der Waals surface area (Å²) in [7, 11) is 0. The molecule has 2 aromatic carbocycles. The Morgan fingerprint density at radius 2 is 1.77 bits per heavy atom. The summed E-state index contributed by atoms with van der Waals surface area (Å²) in [6, 6.07) is 15.9. The van der Waals surface area contributed by atoms with Crippen LogP contribution in [-0.2, 0) is 4.79 Å². The van der Waals surface area contributed by atoms with E-state index in [1.54, 1.807) is 23.6 Å². The molecular formula is C27H33N5O2S. The van der Waals surface area contributed by atoms with Gasteiger partial charge in [0.25, 0.3) is 0 Å². The molecule has 0 radical (unpaired) electrons. The van der Waals surface area contributed by atoms with Gasteiger partial charge in [0, 0.05) is 42.6 Å². The van der Waals surface area contributed by atoms with Crippen LogP contribution in [0.2, 0.25) is 0 Å². The molecule has 0 spiro atoms. The van der Waals surface area contributed by atoms with Crippen molar-refractivity contribution in [2.45, 2.75) is 58.3 Å². The molecule has 0 bridgehead atoms. The number of hydrogen-bond donors (Lipinski definition) is 0. The molecule has 0 saturated heterocycles. The van der Waals surface area contributed by atoms with Crippen LogP contribution in [-0.4, -0.2) is 39.9 Å². The van der Waals surface area contributed by atoms with Gasteiger partial charge in [-0.2, -0.15) is 4.98 Å². The van der Waals surface area contributed by atoms with Gasteiger partial charge in [0.1, 0.15) is 0 Å². The van der Waals surface area contributed by atoms with Gasteiger partial charge < -0.3 is 9.64 Å². The van der Waals surface area contributed by atoms with Crippen LogP contribution in [0.5, 0.6) is 5.88 Å². The van der Waals surface area contributed by atoms with Crippen molar-refractivity contribution in [2.75, 3.05) is 28.6 Å². The summed E-state index contributed by atoms with van der Waals surface area (Å²) < 4.78 is 6.49. The van der Waals surface area contributed by atoms with Crippen LogP contribution >= 0.6 is 11.8 Å². The maximum Gasteiger partial charge on any atom is 0.247 e. The fraction of sp³-hybridized carbons (Fsp3) is 0.407. The lowest BCUT2D eigenvalue weighted by atomic mass is 10.1. The first-order valence-electron chi connectivity index (χ1n) is 12.4. The molecule has 1 amide bonds. The van der Waals surface area contributed by atoms with Crippen molar-refractivity contribution in [2.24, 2.45) is 0 Å². The molecule has 1 atom stereocenters. The number of unbranched alkanes of at least 4 members (excludes halogenated alkanes) is 2. The molecule has 3 aromatic rings. The number of thioether (sulfide) groups is 1. The van der Waals surface area contributed by atoms with Gasteiger partial charge in [0.2, 0.25) is 23.2 Å². The molecule has 35 heavy (non-hydrogen) atoms. The van der Waals surface area contributed by atoms with E-state index in [0.717, 1.165) is 47.8 Å². The molecule has 1 aromatic heterocycles. The summed E-state index contributed by atoms with van der Waals surface area (Å²) in [5, 5.41) is 9.45. The van der Waals surface area contributed by atoms with Gasteiger partial charge in [-0.3, -0.25) is 9.69 Å². The third kappa shape index (κ3) is 5.42. The second kappa shape index (κ2) is 11.5. The Morgan fingerprint density at radius 3 is 2.46 bits per heavy atom. The van der Waals surface area contributed by atoms with Crippen molar-refractivity contribution < 1.29 is 9.53 Å². The van der Waals surface area contributed by atoms with Crippen LogP contribution in [0, 0.1) is 0 Å². The van der Waals surface area contributed by atoms with Crippen molar-refractivity contribution in [1.82, 2.24) is 15.2 Å². The van der Waals surface area contributed by atoms with E-state index >= 15 is 0 Å². The first-order valence-corrected chi connectivity index (χ1v) is 13.3. The van der Waals surface area contributed by atoms with E-state index in [1.165, 1.54) is 12.8 Å². The Labute approximate surface area is 211 Å². The number of amides is 1. The standard InChI is InChI=1S/C27H33N5O2S/c1-5-8-11-18-35-27-28-25-24(29-30-27)22-12-9-10-13-23(22)32(19(4)33)26(34-25)20-14-16-21(17-15-20)31(6-2)7-3/h9-10,12-17,26H,5-8,11,18H2,1-4H3. The van der Waals surface area contributed by atoms with Crippen molar-refractivity contribution in [1.29, 1.82) is 0 Å². The van der Waals surface area contributed by atoms with Gasteiger partial charge in [-0.15, -0.1) is 10.2 Å². The number of fused-ring (bicyclic) bond motifs is 3. The van der Waals surface area contributed by atoms with E-state index in [9.17, 15) is 4.79 Å². The zero-order valence-electron chi connectivity index (χ0n) is 20.9. The number of nitrogens with zero attached hydrogens (tertiary/aromatic N) is 5. The third-order valence-corrected chi connectivity index (χ3v) is 7.06. The summed E-state index contributed by atoms with van der Waals surface area (Å²) in [4.78, 5) is 21.7. The second-order valence-electron chi connectivity index (χ2n) is 8.44. The van der Waals surface area contributed by atoms with Crippen molar-refractivity contribution in [3.63, 3.8) is 0 Å². The van der Waals surface area contributed by atoms with E-state index in [-0.39, 0.29) is 5.91 Å². The van der Waals surface area contributed by atoms with Gasteiger partial charge in [0.05, 0.1) is 5.69 Å². The number of rotatable bonds is 9. The maximum atomic E-state index is 13.0. The van der Waals surface area contributed by atoms with Crippen molar-refractivity contribution in [3.05, 3.63) is 54.1 Å². The fourth-order valence-electron chi connectivity index (χ4n) is 4.28. The molecule has 1 aliphatic heterocycles. The highest BCUT2D eigenvalue weighted by molar-refractivity contribution is 7.99. The van der Waals surface area contributed by atoms with E-state index in [0.29, 0.717) is 16.7 Å². The molecule has 8 heteroatoms. The Balaban J connectivity index is 1.76. The molecule has 0 N–H and O–H groups in total. The molecule has 7 nitrogen and oxygen atoms in total.